The van der Waals surface area contributed by atoms with Gasteiger partial charge in [0.2, 0.25) is 5.69 Å². The van der Waals surface area contributed by atoms with E-state index in [2.05, 4.69) is 9.79 Å². The van der Waals surface area contributed by atoms with Crippen molar-refractivity contribution in [1.82, 2.24) is 5.27 Å². The molecule has 0 unspecified atom stereocenters. The molecule has 0 radical (unpaired) electrons. The highest BCUT2D eigenvalue weighted by molar-refractivity contribution is 5.74. The summed E-state index contributed by atoms with van der Waals surface area (Å²) in [5.41, 5.74) is 0.853. The van der Waals surface area contributed by atoms with Gasteiger partial charge in [-0.15, -0.1) is 0 Å². The highest BCUT2D eigenvalue weighted by Crippen LogP contribution is 2.00. The van der Waals surface area contributed by atoms with E-state index in [-0.39, 0.29) is 0 Å². The van der Waals surface area contributed by atoms with Gasteiger partial charge in [0.25, 0.3) is 6.20 Å². The molecule has 70 valence electrons. The zero-order valence-electron chi connectivity index (χ0n) is 7.14. The molecular formula is C9H7N2O3+. The van der Waals surface area contributed by atoms with Gasteiger partial charge >= 0.3 is 5.63 Å². The van der Waals surface area contributed by atoms with Gasteiger partial charge in [0.1, 0.15) is 6.29 Å². The van der Waals surface area contributed by atoms with Crippen molar-refractivity contribution in [1.29, 1.82) is 0 Å². The Kier molecular flexibility index (Phi) is 1.98. The van der Waals surface area contributed by atoms with E-state index in [1.807, 2.05) is 0 Å². The topological polar surface area (TPSA) is 66.9 Å². The first-order valence-corrected chi connectivity index (χ1v) is 3.95. The van der Waals surface area contributed by atoms with Crippen LogP contribution in [0.5, 0.6) is 0 Å². The Hall–Kier alpha value is -2.17. The van der Waals surface area contributed by atoms with Crippen LogP contribution in [0.3, 0.4) is 0 Å². The molecule has 0 saturated carbocycles. The number of rotatable bonds is 2. The van der Waals surface area contributed by atoms with E-state index in [1.165, 1.54) is 10.9 Å². The van der Waals surface area contributed by atoms with Crippen LogP contribution in [-0.4, -0.2) is 11.6 Å². The van der Waals surface area contributed by atoms with Gasteiger partial charge in [0.05, 0.1) is 0 Å². The van der Waals surface area contributed by atoms with Gasteiger partial charge in [-0.2, -0.15) is 0 Å². The number of aromatic amines is 1. The second kappa shape index (κ2) is 3.29. The Morgan fingerprint density at radius 3 is 2.50 bits per heavy atom. The maximum atomic E-state index is 10.7. The van der Waals surface area contributed by atoms with Crippen molar-refractivity contribution in [3.63, 3.8) is 0 Å². The van der Waals surface area contributed by atoms with Crippen molar-refractivity contribution >= 4 is 6.29 Å². The van der Waals surface area contributed by atoms with Gasteiger partial charge < -0.3 is 0 Å². The van der Waals surface area contributed by atoms with Crippen LogP contribution in [-0.2, 0) is 0 Å². The smallest absolute Gasteiger partial charge is 0.298 e. The molecule has 1 aromatic carbocycles. The maximum Gasteiger partial charge on any atom is 0.427 e. The molecule has 0 aliphatic heterocycles. The Morgan fingerprint density at radius 2 is 2.00 bits per heavy atom. The fourth-order valence-electron chi connectivity index (χ4n) is 1.09. The number of carbonyl (C=O) groups is 1. The van der Waals surface area contributed by atoms with E-state index in [4.69, 9.17) is 0 Å². The minimum atomic E-state index is -0.454. The largest absolute Gasteiger partial charge is 0.427 e. The predicted molar refractivity (Wildman–Crippen MR) is 46.2 cm³/mol. The third-order valence-electron chi connectivity index (χ3n) is 1.79. The summed E-state index contributed by atoms with van der Waals surface area (Å²) in [5, 5.41) is 2.40. The molecular weight excluding hydrogens is 184 g/mol. The summed E-state index contributed by atoms with van der Waals surface area (Å²) in [6.45, 7) is 0. The van der Waals surface area contributed by atoms with E-state index in [9.17, 15) is 9.59 Å². The van der Waals surface area contributed by atoms with Crippen molar-refractivity contribution in [3.05, 3.63) is 46.4 Å². The van der Waals surface area contributed by atoms with Crippen LogP contribution < -0.4 is 10.3 Å². The van der Waals surface area contributed by atoms with E-state index in [0.717, 1.165) is 12.0 Å². The summed E-state index contributed by atoms with van der Waals surface area (Å²) < 4.78 is 5.92. The summed E-state index contributed by atoms with van der Waals surface area (Å²) in [6.07, 6.45) is 2.03. The number of benzene rings is 1. The van der Waals surface area contributed by atoms with Crippen molar-refractivity contribution < 1.29 is 14.0 Å². The standard InChI is InChI=1S/C9H6N2O3/c12-6-7-1-3-8(4-2-7)11-5-9(13)14-10-11/h1-6H/p+1. The van der Waals surface area contributed by atoms with Gasteiger partial charge in [-0.3, -0.25) is 9.32 Å². The molecule has 5 heteroatoms. The lowest BCUT2D eigenvalue weighted by Gasteiger charge is -1.89. The SMILES string of the molecule is O=Cc1ccc(-[n+]2cc(=O)o[nH]2)cc1. The predicted octanol–water partition coefficient (Wildman–Crippen LogP) is 0.0571. The average molecular weight is 191 g/mol. The fourth-order valence-corrected chi connectivity index (χ4v) is 1.09. The van der Waals surface area contributed by atoms with Crippen LogP contribution in [0, 0.1) is 0 Å². The molecule has 0 fully saturated rings. The number of hydrogen-bond donors (Lipinski definition) is 1. The van der Waals surface area contributed by atoms with Gasteiger partial charge in [-0.05, 0) is 22.1 Å². The molecule has 1 aromatic heterocycles. The monoisotopic (exact) mass is 191 g/mol. The first-order chi connectivity index (χ1) is 6.79. The number of carbonyl (C=O) groups excluding carboxylic acids is 1. The lowest BCUT2D eigenvalue weighted by Crippen LogP contribution is -2.31. The van der Waals surface area contributed by atoms with Crippen LogP contribution in [0.2, 0.25) is 0 Å². The first kappa shape index (κ1) is 8.43. The van der Waals surface area contributed by atoms with Crippen molar-refractivity contribution in [3.8, 4) is 5.69 Å². The molecule has 2 rings (SSSR count). The summed E-state index contributed by atoms with van der Waals surface area (Å²) in [6, 6.07) is 6.71. The molecule has 0 amide bonds. The molecule has 14 heavy (non-hydrogen) atoms. The minimum absolute atomic E-state index is 0.454. The minimum Gasteiger partial charge on any atom is -0.298 e. The Balaban J connectivity index is 2.42. The third kappa shape index (κ3) is 1.47. The van der Waals surface area contributed by atoms with Crippen LogP contribution in [0.4, 0.5) is 0 Å². The molecule has 2 aromatic rings. The van der Waals surface area contributed by atoms with Crippen LogP contribution in [0.15, 0.2) is 39.8 Å². The average Bonchev–Trinajstić information content (AvgIpc) is 2.65. The zero-order valence-corrected chi connectivity index (χ0v) is 7.14. The Morgan fingerprint density at radius 1 is 1.29 bits per heavy atom. The van der Waals surface area contributed by atoms with E-state index in [0.29, 0.717) is 5.56 Å². The molecule has 1 heterocycles. The third-order valence-corrected chi connectivity index (χ3v) is 1.79. The van der Waals surface area contributed by atoms with Crippen molar-refractivity contribution in [2.75, 3.05) is 0 Å². The summed E-state index contributed by atoms with van der Waals surface area (Å²) in [4.78, 5) is 21.1. The normalized spacial score (nSPS) is 10.0. The van der Waals surface area contributed by atoms with E-state index in [1.54, 1.807) is 24.3 Å². The summed E-state index contributed by atoms with van der Waals surface area (Å²) in [5.74, 6) is 0. The van der Waals surface area contributed by atoms with Gasteiger partial charge in [-0.1, -0.05) is 0 Å². The lowest BCUT2D eigenvalue weighted by atomic mass is 10.2. The van der Waals surface area contributed by atoms with Crippen molar-refractivity contribution in [2.45, 2.75) is 0 Å². The number of H-pyrrole nitrogens is 1. The molecule has 0 bridgehead atoms. The van der Waals surface area contributed by atoms with E-state index < -0.39 is 5.63 Å². The molecule has 0 atom stereocenters. The van der Waals surface area contributed by atoms with Crippen LogP contribution >= 0.6 is 0 Å². The molecule has 0 aliphatic rings. The quantitative estimate of drug-likeness (QED) is 0.539. The first-order valence-electron chi connectivity index (χ1n) is 3.95. The Bertz CT molecular complexity index is 495. The molecule has 0 aliphatic carbocycles. The number of aromatic nitrogens is 2. The van der Waals surface area contributed by atoms with Crippen molar-refractivity contribution in [2.24, 2.45) is 0 Å². The van der Waals surface area contributed by atoms with Crippen LogP contribution in [0.25, 0.3) is 5.69 Å². The van der Waals surface area contributed by atoms with Crippen LogP contribution in [0.1, 0.15) is 10.4 Å². The molecule has 0 saturated heterocycles. The number of nitrogens with one attached hydrogen (secondary N) is 1. The molecule has 0 spiro atoms. The van der Waals surface area contributed by atoms with E-state index >= 15 is 0 Å². The Labute approximate surface area is 78.5 Å². The second-order valence-electron chi connectivity index (χ2n) is 2.72. The zero-order chi connectivity index (χ0) is 9.97. The maximum absolute atomic E-state index is 10.7. The van der Waals surface area contributed by atoms with Gasteiger partial charge in [0.15, 0.2) is 0 Å². The van der Waals surface area contributed by atoms with Gasteiger partial charge in [-0.25, -0.2) is 4.79 Å². The highest BCUT2D eigenvalue weighted by atomic mass is 16.5. The molecule has 5 nitrogen and oxygen atoms in total. The summed E-state index contributed by atoms with van der Waals surface area (Å²) in [7, 11) is 0. The number of hydrogen-bond acceptors (Lipinski definition) is 3. The second-order valence-corrected chi connectivity index (χ2v) is 2.72. The van der Waals surface area contributed by atoms with Gasteiger partial charge in [0, 0.05) is 17.7 Å². The molecule has 1 N–H and O–H groups in total. The lowest BCUT2D eigenvalue weighted by molar-refractivity contribution is -0.670. The number of aldehydes is 1. The highest BCUT2D eigenvalue weighted by Gasteiger charge is 2.09. The summed E-state index contributed by atoms with van der Waals surface area (Å²) >= 11 is 0. The fraction of sp³-hybridized carbons (Fsp3) is 0. The number of nitrogens with zero attached hydrogens (tertiary/aromatic N) is 1.